The summed E-state index contributed by atoms with van der Waals surface area (Å²) in [6.45, 7) is 0. The van der Waals surface area contributed by atoms with Gasteiger partial charge in [0.15, 0.2) is 5.82 Å². The van der Waals surface area contributed by atoms with Crippen molar-refractivity contribution in [1.29, 1.82) is 0 Å². The molecule has 2 aliphatic heterocycles. The number of carbonyl (C=O) groups excluding carboxylic acids is 2. The van der Waals surface area contributed by atoms with E-state index < -0.39 is 34.1 Å². The summed E-state index contributed by atoms with van der Waals surface area (Å²) in [7, 11) is 1.31. The Morgan fingerprint density at radius 2 is 2.17 bits per heavy atom. The smallest absolute Gasteiger partial charge is 0.352 e. The fourth-order valence-corrected chi connectivity index (χ4v) is 7.30. The minimum absolute atomic E-state index is 0.0778. The van der Waals surface area contributed by atoms with E-state index in [9.17, 15) is 19.5 Å². The van der Waals surface area contributed by atoms with E-state index in [-0.39, 0.29) is 29.4 Å². The van der Waals surface area contributed by atoms with Crippen LogP contribution in [0.1, 0.15) is 10.7 Å². The van der Waals surface area contributed by atoms with Gasteiger partial charge in [0.05, 0.1) is 6.42 Å². The maximum Gasteiger partial charge on any atom is 0.352 e. The summed E-state index contributed by atoms with van der Waals surface area (Å²) in [5, 5.41) is 41.3. The van der Waals surface area contributed by atoms with Gasteiger partial charge in [0.2, 0.25) is 11.1 Å². The molecule has 3 aromatic rings. The number of aromatic amines is 2. The quantitative estimate of drug-likeness (QED) is 0.142. The molecule has 15 nitrogen and oxygen atoms in total. The van der Waals surface area contributed by atoms with E-state index in [4.69, 9.17) is 4.74 Å². The van der Waals surface area contributed by atoms with Crippen LogP contribution in [0.3, 0.4) is 0 Å². The van der Waals surface area contributed by atoms with Crippen LogP contribution < -0.4 is 5.32 Å². The number of aliphatic carboxylic acids is 1. The van der Waals surface area contributed by atoms with Gasteiger partial charge < -0.3 is 15.2 Å². The second kappa shape index (κ2) is 9.96. The zero-order valence-electron chi connectivity index (χ0n) is 18.4. The highest BCUT2D eigenvalue weighted by molar-refractivity contribution is 8.01. The molecule has 0 saturated carbocycles. The highest BCUT2D eigenvalue weighted by atomic mass is 32.2. The summed E-state index contributed by atoms with van der Waals surface area (Å²) in [6, 6.07) is 3.65. The Labute approximate surface area is 214 Å². The number of H-pyrrole nitrogens is 2. The maximum atomic E-state index is 13.4. The third-order valence-corrected chi connectivity index (χ3v) is 8.88. The fraction of sp³-hybridized carbons (Fsp3) is 0.389. The molecule has 36 heavy (non-hydrogen) atoms. The van der Waals surface area contributed by atoms with E-state index in [2.05, 4.69) is 46.6 Å². The Morgan fingerprint density at radius 1 is 1.36 bits per heavy atom. The van der Waals surface area contributed by atoms with Gasteiger partial charge in [-0.3, -0.25) is 14.5 Å². The molecule has 4 N–H and O–H groups in total. The van der Waals surface area contributed by atoms with E-state index in [0.717, 1.165) is 21.5 Å². The number of thioether (sulfide) groups is 2. The summed E-state index contributed by atoms with van der Waals surface area (Å²) in [4.78, 5) is 40.5. The van der Waals surface area contributed by atoms with Crippen molar-refractivity contribution < 1.29 is 24.2 Å². The van der Waals surface area contributed by atoms with Gasteiger partial charge in [0, 0.05) is 29.4 Å². The minimum Gasteiger partial charge on any atom is -0.477 e. The number of hydrogen-bond donors (Lipinski definition) is 4. The molecular weight excluding hydrogens is 532 g/mol. The molecule has 0 spiro atoms. The normalized spacial score (nSPS) is 22.2. The van der Waals surface area contributed by atoms with Gasteiger partial charge in [-0.15, -0.1) is 43.5 Å². The van der Waals surface area contributed by atoms with Gasteiger partial charge in [-0.05, 0) is 22.2 Å². The van der Waals surface area contributed by atoms with Crippen LogP contribution in [-0.2, 0) is 32.0 Å². The monoisotopic (exact) mass is 550 g/mol. The standard InChI is InChI=1S/C18H18N10O5S3/c1-33-18(19-12(29)5-8-3-2-4-34-8)15(32)28-13(14(30)31)9(7-35-16(18)28)10(6-11-20-24-25-21-11)36-17-22-26-27-23-17/h2-4,10,16H,5-7H2,1H3,(H,19,29)(H,30,31)(H,20,21,24,25)(H,22,23,26,27)/t10?,16-,18?/m1/s1. The van der Waals surface area contributed by atoms with E-state index >= 15 is 0 Å². The average Bonchev–Trinajstić information content (AvgIpc) is 3.65. The highest BCUT2D eigenvalue weighted by Gasteiger charge is 2.66. The number of rotatable bonds is 10. The summed E-state index contributed by atoms with van der Waals surface area (Å²) >= 11 is 3.87. The molecule has 0 aromatic carbocycles. The number of ether oxygens (including phenoxy) is 1. The first kappa shape index (κ1) is 24.3. The zero-order chi connectivity index (χ0) is 25.3. The van der Waals surface area contributed by atoms with Gasteiger partial charge in [-0.2, -0.15) is 10.4 Å². The topological polar surface area (TPSA) is 205 Å². The van der Waals surface area contributed by atoms with Crippen molar-refractivity contribution in [1.82, 2.24) is 51.5 Å². The van der Waals surface area contributed by atoms with Crippen molar-refractivity contribution in [3.63, 3.8) is 0 Å². The average molecular weight is 551 g/mol. The lowest BCUT2D eigenvalue weighted by Gasteiger charge is -2.56. The van der Waals surface area contributed by atoms with Crippen molar-refractivity contribution in [2.24, 2.45) is 0 Å². The SMILES string of the molecule is COC1(NC(=O)Cc2cccs2)C(=O)N2C(C(=O)O)=C(C(Cc3nn[nH]n3)Sc3nn[nH]n3)CS[C@@H]21. The highest BCUT2D eigenvalue weighted by Crippen LogP contribution is 2.48. The number of hydrogen-bond acceptors (Lipinski definition) is 13. The largest absolute Gasteiger partial charge is 0.477 e. The Balaban J connectivity index is 1.44. The number of tetrazole rings is 2. The van der Waals surface area contributed by atoms with Gasteiger partial charge in [-0.25, -0.2) is 4.79 Å². The van der Waals surface area contributed by atoms with Crippen molar-refractivity contribution in [2.75, 3.05) is 12.9 Å². The molecule has 0 aliphatic carbocycles. The van der Waals surface area contributed by atoms with Gasteiger partial charge >= 0.3 is 5.97 Å². The van der Waals surface area contributed by atoms with Crippen molar-refractivity contribution in [3.05, 3.63) is 39.5 Å². The number of amides is 2. The first-order chi connectivity index (χ1) is 17.4. The third kappa shape index (κ3) is 4.36. The number of carbonyl (C=O) groups is 3. The van der Waals surface area contributed by atoms with Crippen LogP contribution in [0.2, 0.25) is 0 Å². The Hall–Kier alpha value is -3.35. The molecule has 0 bridgehead atoms. The minimum atomic E-state index is -1.67. The summed E-state index contributed by atoms with van der Waals surface area (Å²) in [6.07, 6.45) is 0.274. The number of β-lactam (4-membered cyclic amide) rings is 1. The van der Waals surface area contributed by atoms with Crippen LogP contribution in [0.15, 0.2) is 33.9 Å². The van der Waals surface area contributed by atoms with Gasteiger partial charge in [0.1, 0.15) is 11.1 Å². The Bertz CT molecular complexity index is 1250. The first-order valence-electron chi connectivity index (χ1n) is 10.4. The molecule has 2 amide bonds. The lowest BCUT2D eigenvalue weighted by atomic mass is 9.96. The van der Waals surface area contributed by atoms with Crippen LogP contribution in [0.5, 0.6) is 0 Å². The van der Waals surface area contributed by atoms with Crippen LogP contribution in [0.4, 0.5) is 0 Å². The predicted molar refractivity (Wildman–Crippen MR) is 125 cm³/mol. The molecule has 188 valence electrons. The first-order valence-corrected chi connectivity index (χ1v) is 13.2. The molecule has 3 aromatic heterocycles. The second-order valence-corrected chi connectivity index (χ2v) is 10.9. The van der Waals surface area contributed by atoms with Crippen LogP contribution in [-0.4, -0.2) is 98.2 Å². The predicted octanol–water partition coefficient (Wildman–Crippen LogP) is -0.567. The lowest BCUT2D eigenvalue weighted by molar-refractivity contribution is -0.192. The van der Waals surface area contributed by atoms with E-state index in [0.29, 0.717) is 11.4 Å². The molecule has 1 fully saturated rings. The van der Waals surface area contributed by atoms with Crippen LogP contribution in [0.25, 0.3) is 0 Å². The van der Waals surface area contributed by atoms with Crippen molar-refractivity contribution in [2.45, 2.75) is 34.3 Å². The van der Waals surface area contributed by atoms with Gasteiger partial charge in [-0.1, -0.05) is 23.0 Å². The van der Waals surface area contributed by atoms with E-state index in [1.54, 1.807) is 0 Å². The van der Waals surface area contributed by atoms with E-state index in [1.165, 1.54) is 30.2 Å². The number of aromatic nitrogens is 8. The lowest BCUT2D eigenvalue weighted by Crippen LogP contribution is -2.80. The molecular formula is C18H18N10O5S3. The fourth-order valence-electron chi connectivity index (χ4n) is 3.97. The Morgan fingerprint density at radius 3 is 2.81 bits per heavy atom. The molecule has 1 saturated heterocycles. The maximum absolute atomic E-state index is 13.4. The summed E-state index contributed by atoms with van der Waals surface area (Å²) < 4.78 is 5.51. The number of nitrogens with one attached hydrogen (secondary N) is 3. The third-order valence-electron chi connectivity index (χ3n) is 5.54. The van der Waals surface area contributed by atoms with E-state index in [1.807, 2.05) is 17.5 Å². The molecule has 2 unspecified atom stereocenters. The molecule has 5 rings (SSSR count). The summed E-state index contributed by atoms with van der Waals surface area (Å²) in [5.41, 5.74) is -1.41. The molecule has 2 aliphatic rings. The number of fused-ring (bicyclic) bond motifs is 1. The Kier molecular flexibility index (Phi) is 6.73. The van der Waals surface area contributed by atoms with Crippen LogP contribution in [0, 0.1) is 0 Å². The molecule has 3 atom stereocenters. The molecule has 0 radical (unpaired) electrons. The number of carboxylic acid groups (broad SMARTS) is 1. The number of thiophene rings is 1. The van der Waals surface area contributed by atoms with Gasteiger partial charge in [0.25, 0.3) is 11.6 Å². The second-order valence-electron chi connectivity index (χ2n) is 7.59. The number of nitrogens with zero attached hydrogens (tertiary/aromatic N) is 7. The summed E-state index contributed by atoms with van der Waals surface area (Å²) in [5.74, 6) is -1.77. The molecule has 5 heterocycles. The zero-order valence-corrected chi connectivity index (χ0v) is 20.9. The van der Waals surface area contributed by atoms with Crippen molar-refractivity contribution in [3.8, 4) is 0 Å². The number of methoxy groups -OCH3 is 1. The molecule has 18 heteroatoms. The van der Waals surface area contributed by atoms with Crippen LogP contribution >= 0.6 is 34.9 Å². The number of carboxylic acids is 1. The van der Waals surface area contributed by atoms with Crippen molar-refractivity contribution >= 4 is 52.6 Å².